The third-order valence-corrected chi connectivity index (χ3v) is 8.48. The number of anilines is 2. The molecule has 0 N–H and O–H groups in total. The number of hydrogen-bond donors (Lipinski definition) is 0. The Kier molecular flexibility index (Phi) is 7.42. The summed E-state index contributed by atoms with van der Waals surface area (Å²) in [6.45, 7) is 7.19. The highest BCUT2D eigenvalue weighted by Gasteiger charge is 2.31. The van der Waals surface area contributed by atoms with Crippen molar-refractivity contribution in [3.05, 3.63) is 65.1 Å². The van der Waals surface area contributed by atoms with Crippen LogP contribution < -0.4 is 14.5 Å². The lowest BCUT2D eigenvalue weighted by molar-refractivity contribution is -0.129. The summed E-state index contributed by atoms with van der Waals surface area (Å²) in [5, 5.41) is 2.79. The van der Waals surface area contributed by atoms with E-state index in [4.69, 9.17) is 26.3 Å². The Morgan fingerprint density at radius 3 is 2.56 bits per heavy atom. The second-order valence-corrected chi connectivity index (χ2v) is 11.3. The molecule has 41 heavy (non-hydrogen) atoms. The standard InChI is InChI=1S/C30H32ClFN6O3/c1-19(32)29(40)37-13-11-36(12-14-37)28-22-9-10-38(25-8-4-6-21-5-3-7-23(31)27(21)25)17-24(22)33-30(34-28)41-18-20-15-26(39)35(2)16-20/h3-8,20H,1,9-18H2,2H3. The molecule has 11 heteroatoms. The van der Waals surface area contributed by atoms with E-state index in [1.165, 1.54) is 4.90 Å². The van der Waals surface area contributed by atoms with Crippen LogP contribution in [0.1, 0.15) is 17.7 Å². The lowest BCUT2D eigenvalue weighted by Crippen LogP contribution is -2.49. The summed E-state index contributed by atoms with van der Waals surface area (Å²) in [6.07, 6.45) is 1.16. The first-order valence-corrected chi connectivity index (χ1v) is 14.2. The Labute approximate surface area is 243 Å². The fourth-order valence-corrected chi connectivity index (χ4v) is 6.29. The Bertz CT molecular complexity index is 1520. The summed E-state index contributed by atoms with van der Waals surface area (Å²) < 4.78 is 19.6. The van der Waals surface area contributed by atoms with Crippen LogP contribution in [0.25, 0.3) is 10.8 Å². The molecule has 4 heterocycles. The number of fused-ring (bicyclic) bond motifs is 2. The smallest absolute Gasteiger partial charge is 0.318 e. The molecule has 3 aliphatic rings. The van der Waals surface area contributed by atoms with E-state index >= 15 is 0 Å². The van der Waals surface area contributed by atoms with Crippen molar-refractivity contribution in [2.75, 3.05) is 62.7 Å². The van der Waals surface area contributed by atoms with Gasteiger partial charge in [-0.15, -0.1) is 0 Å². The van der Waals surface area contributed by atoms with E-state index in [1.54, 1.807) is 11.9 Å². The summed E-state index contributed by atoms with van der Waals surface area (Å²) in [5.41, 5.74) is 2.97. The molecular formula is C30H32ClFN6O3. The van der Waals surface area contributed by atoms with E-state index in [0.29, 0.717) is 63.7 Å². The maximum absolute atomic E-state index is 13.5. The summed E-state index contributed by atoms with van der Waals surface area (Å²) in [7, 11) is 1.80. The van der Waals surface area contributed by atoms with Gasteiger partial charge in [0.15, 0.2) is 5.83 Å². The van der Waals surface area contributed by atoms with Gasteiger partial charge in [0, 0.05) is 75.3 Å². The maximum atomic E-state index is 13.5. The van der Waals surface area contributed by atoms with Crippen molar-refractivity contribution in [1.82, 2.24) is 19.8 Å². The highest BCUT2D eigenvalue weighted by Crippen LogP contribution is 2.37. The van der Waals surface area contributed by atoms with Crippen LogP contribution in [0.4, 0.5) is 15.9 Å². The number of nitrogens with zero attached hydrogens (tertiary/aromatic N) is 6. The molecule has 3 aromatic rings. The van der Waals surface area contributed by atoms with Gasteiger partial charge in [0.1, 0.15) is 5.82 Å². The number of halogens is 2. The zero-order valence-corrected chi connectivity index (χ0v) is 23.7. The number of aromatic nitrogens is 2. The van der Waals surface area contributed by atoms with Gasteiger partial charge >= 0.3 is 6.01 Å². The van der Waals surface area contributed by atoms with Gasteiger partial charge in [-0.25, -0.2) is 4.39 Å². The normalized spacial score (nSPS) is 19.1. The van der Waals surface area contributed by atoms with Crippen molar-refractivity contribution in [3.63, 3.8) is 0 Å². The van der Waals surface area contributed by atoms with E-state index in [-0.39, 0.29) is 17.8 Å². The molecule has 3 aliphatic heterocycles. The van der Waals surface area contributed by atoms with Crippen molar-refractivity contribution < 1.29 is 18.7 Å². The molecule has 0 radical (unpaired) electrons. The molecular weight excluding hydrogens is 547 g/mol. The van der Waals surface area contributed by atoms with Gasteiger partial charge in [-0.05, 0) is 23.9 Å². The topological polar surface area (TPSA) is 82.1 Å². The molecule has 0 saturated carbocycles. The predicted molar refractivity (Wildman–Crippen MR) is 156 cm³/mol. The summed E-state index contributed by atoms with van der Waals surface area (Å²) in [4.78, 5) is 41.4. The molecule has 1 aromatic heterocycles. The first-order valence-electron chi connectivity index (χ1n) is 13.9. The Morgan fingerprint density at radius 1 is 1.10 bits per heavy atom. The van der Waals surface area contributed by atoms with Crippen molar-refractivity contribution in [2.24, 2.45) is 5.92 Å². The second-order valence-electron chi connectivity index (χ2n) is 10.9. The van der Waals surface area contributed by atoms with Crippen LogP contribution in [0.3, 0.4) is 0 Å². The number of rotatable bonds is 6. The number of likely N-dealkylation sites (tertiary alicyclic amines) is 1. The van der Waals surface area contributed by atoms with Gasteiger partial charge in [-0.2, -0.15) is 9.97 Å². The average molecular weight is 579 g/mol. The van der Waals surface area contributed by atoms with Gasteiger partial charge < -0.3 is 24.3 Å². The summed E-state index contributed by atoms with van der Waals surface area (Å²) in [6, 6.07) is 12.4. The van der Waals surface area contributed by atoms with Gasteiger partial charge in [-0.1, -0.05) is 42.4 Å². The fourth-order valence-electron chi connectivity index (χ4n) is 6.01. The average Bonchev–Trinajstić information content (AvgIpc) is 3.31. The Balaban J connectivity index is 1.30. The number of ether oxygens (including phenoxy) is 1. The number of amides is 2. The maximum Gasteiger partial charge on any atom is 0.318 e. The first-order chi connectivity index (χ1) is 19.8. The van der Waals surface area contributed by atoms with Crippen LogP contribution in [0.15, 0.2) is 48.8 Å². The highest BCUT2D eigenvalue weighted by molar-refractivity contribution is 6.36. The van der Waals surface area contributed by atoms with Gasteiger partial charge in [0.25, 0.3) is 5.91 Å². The van der Waals surface area contributed by atoms with E-state index in [1.807, 2.05) is 18.2 Å². The largest absolute Gasteiger partial charge is 0.463 e. The molecule has 9 nitrogen and oxygen atoms in total. The van der Waals surface area contributed by atoms with Gasteiger partial charge in [0.2, 0.25) is 5.91 Å². The number of benzene rings is 2. The molecule has 0 aliphatic carbocycles. The molecule has 0 spiro atoms. The summed E-state index contributed by atoms with van der Waals surface area (Å²) >= 11 is 6.65. The third kappa shape index (κ3) is 5.40. The van der Waals surface area contributed by atoms with E-state index in [0.717, 1.165) is 40.1 Å². The molecule has 1 unspecified atom stereocenters. The number of carbonyl (C=O) groups is 2. The van der Waals surface area contributed by atoms with Crippen LogP contribution >= 0.6 is 11.6 Å². The number of carbonyl (C=O) groups excluding carboxylic acids is 2. The van der Waals surface area contributed by atoms with Crippen molar-refractivity contribution in [1.29, 1.82) is 0 Å². The number of hydrogen-bond acceptors (Lipinski definition) is 7. The molecule has 0 bridgehead atoms. The van der Waals surface area contributed by atoms with Gasteiger partial charge in [0.05, 0.1) is 23.9 Å². The lowest BCUT2D eigenvalue weighted by atomic mass is 10.0. The van der Waals surface area contributed by atoms with E-state index < -0.39 is 11.7 Å². The van der Waals surface area contributed by atoms with Crippen molar-refractivity contribution >= 4 is 45.7 Å². The molecule has 1 atom stereocenters. The van der Waals surface area contributed by atoms with E-state index in [9.17, 15) is 14.0 Å². The van der Waals surface area contributed by atoms with Crippen LogP contribution in [-0.4, -0.2) is 84.5 Å². The third-order valence-electron chi connectivity index (χ3n) is 8.16. The molecule has 2 fully saturated rings. The van der Waals surface area contributed by atoms with E-state index in [2.05, 4.69) is 34.6 Å². The first kappa shape index (κ1) is 27.3. The molecule has 214 valence electrons. The van der Waals surface area contributed by atoms with Crippen molar-refractivity contribution in [2.45, 2.75) is 19.4 Å². The Hall–Kier alpha value is -3.92. The SMILES string of the molecule is C=C(F)C(=O)N1CCN(c2nc(OCC3CC(=O)N(C)C3)nc3c2CCN(c2cccc4cccc(Cl)c24)C3)CC1. The monoisotopic (exact) mass is 578 g/mol. The molecule has 2 aromatic carbocycles. The number of piperazine rings is 1. The zero-order valence-electron chi connectivity index (χ0n) is 23.0. The minimum absolute atomic E-state index is 0.0771. The van der Waals surface area contributed by atoms with Crippen LogP contribution in [0.2, 0.25) is 5.02 Å². The lowest BCUT2D eigenvalue weighted by Gasteiger charge is -2.38. The predicted octanol–water partition coefficient (Wildman–Crippen LogP) is 3.83. The molecule has 6 rings (SSSR count). The van der Waals surface area contributed by atoms with Crippen LogP contribution in [-0.2, 0) is 22.6 Å². The fraction of sp³-hybridized carbons (Fsp3) is 0.400. The van der Waals surface area contributed by atoms with Gasteiger partial charge in [-0.3, -0.25) is 9.59 Å². The highest BCUT2D eigenvalue weighted by atomic mass is 35.5. The Morgan fingerprint density at radius 2 is 1.85 bits per heavy atom. The quantitative estimate of drug-likeness (QED) is 0.411. The van der Waals surface area contributed by atoms with Crippen LogP contribution in [0, 0.1) is 5.92 Å². The zero-order chi connectivity index (χ0) is 28.7. The molecule has 2 amide bonds. The minimum atomic E-state index is -0.946. The van der Waals surface area contributed by atoms with Crippen LogP contribution in [0.5, 0.6) is 6.01 Å². The second kappa shape index (κ2) is 11.2. The summed E-state index contributed by atoms with van der Waals surface area (Å²) in [5.74, 6) is -0.643. The molecule has 2 saturated heterocycles. The van der Waals surface area contributed by atoms with Crippen molar-refractivity contribution in [3.8, 4) is 6.01 Å². The minimum Gasteiger partial charge on any atom is -0.463 e.